The number of rotatable bonds is 6. The number of ether oxygens (including phenoxy) is 1. The lowest BCUT2D eigenvalue weighted by Gasteiger charge is -2.28. The minimum Gasteiger partial charge on any atom is -0.497 e. The van der Waals surface area contributed by atoms with Crippen LogP contribution in [0.2, 0.25) is 0 Å². The van der Waals surface area contributed by atoms with E-state index in [9.17, 15) is 14.4 Å². The summed E-state index contributed by atoms with van der Waals surface area (Å²) in [5, 5.41) is 4.98. The second-order valence-corrected chi connectivity index (χ2v) is 9.62. The van der Waals surface area contributed by atoms with Crippen LogP contribution in [-0.4, -0.2) is 29.7 Å². The Balaban J connectivity index is 1.33. The summed E-state index contributed by atoms with van der Waals surface area (Å²) in [5.41, 5.74) is 1.41. The summed E-state index contributed by atoms with van der Waals surface area (Å²) in [4.78, 5) is 41.9. The van der Waals surface area contributed by atoms with Gasteiger partial charge in [-0.25, -0.2) is 0 Å². The number of nitrogens with zero attached hydrogens (tertiary/aromatic N) is 1. The highest BCUT2D eigenvalue weighted by atomic mass is 16.5. The van der Waals surface area contributed by atoms with Crippen LogP contribution in [0, 0.1) is 23.7 Å². The van der Waals surface area contributed by atoms with Crippen molar-refractivity contribution in [1.82, 2.24) is 4.90 Å². The van der Waals surface area contributed by atoms with Crippen molar-refractivity contribution in [3.8, 4) is 5.75 Å². The first kappa shape index (κ1) is 21.6. The Morgan fingerprint density at radius 3 is 2.40 bits per heavy atom. The number of nitrogens with one attached hydrogen (secondary N) is 1. The number of anilines is 1. The van der Waals surface area contributed by atoms with Crippen molar-refractivity contribution >= 4 is 34.2 Å². The van der Waals surface area contributed by atoms with Crippen LogP contribution < -0.4 is 10.1 Å². The zero-order valence-corrected chi connectivity index (χ0v) is 19.4. The molecule has 1 saturated heterocycles. The van der Waals surface area contributed by atoms with Gasteiger partial charge in [0.1, 0.15) is 5.75 Å². The van der Waals surface area contributed by atoms with Crippen molar-refractivity contribution in [3.63, 3.8) is 0 Å². The molecule has 1 saturated carbocycles. The lowest BCUT2D eigenvalue weighted by Crippen LogP contribution is -2.38. The molecule has 5 atom stereocenters. The number of allylic oxidation sites excluding steroid dienone is 2. The molecule has 0 aromatic heterocycles. The average molecular weight is 467 g/mol. The summed E-state index contributed by atoms with van der Waals surface area (Å²) >= 11 is 0. The van der Waals surface area contributed by atoms with Gasteiger partial charge < -0.3 is 10.1 Å². The van der Waals surface area contributed by atoms with Crippen LogP contribution in [0.1, 0.15) is 24.4 Å². The van der Waals surface area contributed by atoms with E-state index in [1.54, 1.807) is 13.2 Å². The molecule has 1 aliphatic heterocycles. The van der Waals surface area contributed by atoms with Gasteiger partial charge in [-0.2, -0.15) is 0 Å². The minimum absolute atomic E-state index is 0.0317. The molecule has 3 aliphatic rings. The largest absolute Gasteiger partial charge is 0.497 e. The number of imide groups is 1. The molecule has 35 heavy (non-hydrogen) atoms. The van der Waals surface area contributed by atoms with E-state index in [0.717, 1.165) is 17.2 Å². The van der Waals surface area contributed by atoms with E-state index in [2.05, 4.69) is 17.5 Å². The Morgan fingerprint density at radius 2 is 1.66 bits per heavy atom. The van der Waals surface area contributed by atoms with Crippen molar-refractivity contribution < 1.29 is 19.1 Å². The minimum atomic E-state index is -0.704. The molecule has 3 amide bonds. The predicted octanol–water partition coefficient (Wildman–Crippen LogP) is 4.73. The van der Waals surface area contributed by atoms with Gasteiger partial charge in [0, 0.05) is 11.1 Å². The number of fused-ring (bicyclic) bond motifs is 6. The first-order chi connectivity index (χ1) is 17.0. The van der Waals surface area contributed by atoms with Crippen LogP contribution in [0.5, 0.6) is 5.75 Å². The van der Waals surface area contributed by atoms with Gasteiger partial charge in [0.05, 0.1) is 31.4 Å². The highest BCUT2D eigenvalue weighted by molar-refractivity contribution is 6.08. The molecule has 6 heteroatoms. The van der Waals surface area contributed by atoms with Crippen molar-refractivity contribution in [1.29, 1.82) is 0 Å². The quantitative estimate of drug-likeness (QED) is 0.421. The Kier molecular flexibility index (Phi) is 5.17. The molecule has 2 fully saturated rings. The molecule has 1 N–H and O–H groups in total. The van der Waals surface area contributed by atoms with Gasteiger partial charge >= 0.3 is 0 Å². The van der Waals surface area contributed by atoms with E-state index in [-0.39, 0.29) is 47.8 Å². The normalized spacial score (nSPS) is 25.2. The standard InChI is InChI=1S/C29H26N2O4/c1-35-21-9-4-8-18(15-21)24(31-28(33)26-19-12-13-20(14-19)27(26)29(31)34)16-25(32)30-23-11-5-7-17-6-2-3-10-22(17)23/h2-13,15,19-20,24,26-27H,14,16H2,1H3,(H,30,32). The molecule has 0 radical (unpaired) electrons. The number of carbonyl (C=O) groups excluding carboxylic acids is 3. The maximum atomic E-state index is 13.6. The fraction of sp³-hybridized carbons (Fsp3) is 0.276. The summed E-state index contributed by atoms with van der Waals surface area (Å²) < 4.78 is 5.39. The number of amides is 3. The maximum Gasteiger partial charge on any atom is 0.234 e. The van der Waals surface area contributed by atoms with E-state index in [1.807, 2.05) is 60.7 Å². The van der Waals surface area contributed by atoms with Crippen molar-refractivity contribution in [2.24, 2.45) is 23.7 Å². The number of hydrogen-bond donors (Lipinski definition) is 1. The molecule has 6 nitrogen and oxygen atoms in total. The number of hydrogen-bond acceptors (Lipinski definition) is 4. The molecular formula is C29H26N2O4. The van der Waals surface area contributed by atoms with E-state index in [0.29, 0.717) is 17.0 Å². The lowest BCUT2D eigenvalue weighted by atomic mass is 9.85. The first-order valence-electron chi connectivity index (χ1n) is 12.0. The van der Waals surface area contributed by atoms with Gasteiger partial charge in [-0.15, -0.1) is 0 Å². The molecule has 3 aromatic rings. The van der Waals surface area contributed by atoms with E-state index in [4.69, 9.17) is 4.74 Å². The molecule has 3 aromatic carbocycles. The van der Waals surface area contributed by atoms with Crippen LogP contribution in [0.15, 0.2) is 78.9 Å². The Hall–Kier alpha value is -3.93. The van der Waals surface area contributed by atoms with Gasteiger partial charge in [0.15, 0.2) is 0 Å². The van der Waals surface area contributed by atoms with Crippen LogP contribution in [0.4, 0.5) is 5.69 Å². The van der Waals surface area contributed by atoms with E-state index >= 15 is 0 Å². The fourth-order valence-corrected chi connectivity index (χ4v) is 6.15. The molecular weight excluding hydrogens is 440 g/mol. The summed E-state index contributed by atoms with van der Waals surface area (Å²) in [5.74, 6) is -0.372. The average Bonchev–Trinajstić information content (AvgIpc) is 3.57. The zero-order valence-electron chi connectivity index (χ0n) is 19.4. The Labute approximate surface area is 203 Å². The van der Waals surface area contributed by atoms with Gasteiger partial charge in [-0.1, -0.05) is 60.7 Å². The third-order valence-corrected chi connectivity index (χ3v) is 7.74. The fourth-order valence-electron chi connectivity index (χ4n) is 6.15. The van der Waals surface area contributed by atoms with Gasteiger partial charge in [-0.05, 0) is 47.4 Å². The van der Waals surface area contributed by atoms with Crippen LogP contribution in [0.3, 0.4) is 0 Å². The molecule has 5 unspecified atom stereocenters. The lowest BCUT2D eigenvalue weighted by molar-refractivity contribution is -0.144. The highest BCUT2D eigenvalue weighted by Gasteiger charge is 2.60. The number of carbonyl (C=O) groups is 3. The van der Waals surface area contributed by atoms with Crippen molar-refractivity contribution in [3.05, 3.63) is 84.4 Å². The van der Waals surface area contributed by atoms with Gasteiger partial charge in [0.2, 0.25) is 17.7 Å². The molecule has 0 spiro atoms. The van der Waals surface area contributed by atoms with Crippen LogP contribution >= 0.6 is 0 Å². The Bertz CT molecular complexity index is 1340. The molecule has 1 heterocycles. The maximum absolute atomic E-state index is 13.6. The van der Waals surface area contributed by atoms with Gasteiger partial charge in [0.25, 0.3) is 0 Å². The SMILES string of the molecule is COc1cccc(C(CC(=O)Nc2cccc3ccccc23)N2C(=O)C3C4C=CC(C4)C3C2=O)c1. The van der Waals surface area contributed by atoms with Crippen LogP contribution in [-0.2, 0) is 14.4 Å². The number of benzene rings is 3. The topological polar surface area (TPSA) is 75.7 Å². The van der Waals surface area contributed by atoms with Crippen molar-refractivity contribution in [2.75, 3.05) is 12.4 Å². The summed E-state index contributed by atoms with van der Waals surface area (Å²) in [6, 6.07) is 20.2. The summed E-state index contributed by atoms with van der Waals surface area (Å²) in [6.07, 6.45) is 4.99. The smallest absolute Gasteiger partial charge is 0.234 e. The first-order valence-corrected chi connectivity index (χ1v) is 12.0. The van der Waals surface area contributed by atoms with Gasteiger partial charge in [-0.3, -0.25) is 19.3 Å². The summed E-state index contributed by atoms with van der Waals surface area (Å²) in [7, 11) is 1.57. The number of methoxy groups -OCH3 is 1. The highest BCUT2D eigenvalue weighted by Crippen LogP contribution is 2.54. The summed E-state index contributed by atoms with van der Waals surface area (Å²) in [6.45, 7) is 0. The third-order valence-electron chi connectivity index (χ3n) is 7.74. The Morgan fingerprint density at radius 1 is 0.971 bits per heavy atom. The predicted molar refractivity (Wildman–Crippen MR) is 132 cm³/mol. The van der Waals surface area contributed by atoms with E-state index < -0.39 is 6.04 Å². The van der Waals surface area contributed by atoms with Crippen molar-refractivity contribution in [2.45, 2.75) is 18.9 Å². The van der Waals surface area contributed by atoms with Crippen LogP contribution in [0.25, 0.3) is 10.8 Å². The third kappa shape index (κ3) is 3.52. The number of likely N-dealkylation sites (tertiary alicyclic amines) is 1. The molecule has 176 valence electrons. The molecule has 6 rings (SSSR count). The second-order valence-electron chi connectivity index (χ2n) is 9.62. The zero-order chi connectivity index (χ0) is 24.1. The molecule has 2 bridgehead atoms. The molecule has 2 aliphatic carbocycles. The monoisotopic (exact) mass is 466 g/mol. The second kappa shape index (κ2) is 8.38. The van der Waals surface area contributed by atoms with E-state index in [1.165, 1.54) is 4.90 Å².